The second kappa shape index (κ2) is 45.2. The first-order valence-corrected chi connectivity index (χ1v) is 34.0. The minimum atomic E-state index is -0.430. The zero-order valence-corrected chi connectivity index (χ0v) is 63.3. The lowest BCUT2D eigenvalue weighted by Gasteiger charge is -2.13. The largest absolute Gasteiger partial charge is 0.489 e. The highest BCUT2D eigenvalue weighted by Crippen LogP contribution is 2.27. The van der Waals surface area contributed by atoms with E-state index in [0.29, 0.717) is 32.0 Å². The van der Waals surface area contributed by atoms with Gasteiger partial charge in [0.1, 0.15) is 122 Å². The molecule has 0 amide bonds. The van der Waals surface area contributed by atoms with Gasteiger partial charge >= 0.3 is 0 Å². The third-order valence-electron chi connectivity index (χ3n) is 16.0. The molecule has 0 saturated carbocycles. The van der Waals surface area contributed by atoms with Crippen LogP contribution in [-0.4, -0.2) is 64.1 Å². The highest BCUT2D eigenvalue weighted by molar-refractivity contribution is 6.14. The van der Waals surface area contributed by atoms with Gasteiger partial charge in [0, 0.05) is 27.8 Å². The molecule has 0 saturated heterocycles. The van der Waals surface area contributed by atoms with Crippen molar-refractivity contribution in [3.05, 3.63) is 324 Å². The van der Waals surface area contributed by atoms with Crippen LogP contribution < -0.4 is 23.7 Å². The van der Waals surface area contributed by atoms with Crippen molar-refractivity contribution in [2.24, 2.45) is 25.8 Å². The quantitative estimate of drug-likeness (QED) is 0.0380. The smallest absolute Gasteiger partial charge is 0.187 e. The lowest BCUT2D eigenvalue weighted by Crippen LogP contribution is -2.07. The summed E-state index contributed by atoms with van der Waals surface area (Å²) < 4.78 is 42.5. The normalized spacial score (nSPS) is 10.9. The van der Waals surface area contributed by atoms with Gasteiger partial charge in [-0.25, -0.2) is 4.39 Å². The number of rotatable bonds is 25. The molecule has 0 heterocycles. The van der Waals surface area contributed by atoms with Crippen LogP contribution in [-0.2, 0) is 57.2 Å². The van der Waals surface area contributed by atoms with Gasteiger partial charge in [-0.2, -0.15) is 26.3 Å². The van der Waals surface area contributed by atoms with Gasteiger partial charge in [-0.1, -0.05) is 202 Å². The first-order valence-electron chi connectivity index (χ1n) is 34.0. The molecular weight excluding hydrogens is 1380 g/mol. The first kappa shape index (κ1) is 83.9. The fraction of sp³-hybridized carbons (Fsp3) is 0.205. The van der Waals surface area contributed by atoms with Gasteiger partial charge in [-0.05, 0) is 170 Å². The van der Waals surface area contributed by atoms with E-state index in [-0.39, 0.29) is 40.9 Å². The van der Waals surface area contributed by atoms with Gasteiger partial charge in [0.25, 0.3) is 0 Å². The van der Waals surface area contributed by atoms with Crippen molar-refractivity contribution in [3.63, 3.8) is 0 Å². The van der Waals surface area contributed by atoms with Gasteiger partial charge in [0.15, 0.2) is 40.1 Å². The van der Waals surface area contributed by atoms with Crippen molar-refractivity contribution in [2.75, 3.05) is 35.5 Å². The number of hydrogen-bond donors (Lipinski definition) is 0. The Bertz CT molecular complexity index is 5040. The molecule has 0 unspecified atom stereocenters. The van der Waals surface area contributed by atoms with E-state index in [0.717, 1.165) is 106 Å². The van der Waals surface area contributed by atoms with E-state index in [1.54, 1.807) is 36.4 Å². The number of aryl methyl sites for hydroxylation is 8. The summed E-state index contributed by atoms with van der Waals surface area (Å²) in [6, 6.07) is 77.7. The van der Waals surface area contributed by atoms with E-state index >= 15 is 0 Å². The average molecular weight is 1460 g/mol. The summed E-state index contributed by atoms with van der Waals surface area (Å²) in [7, 11) is 7.06. The molecule has 554 valence electrons. The molecule has 21 heteroatoms. The number of halogens is 1. The number of nitrogens with zero attached hydrogens (tertiary/aromatic N) is 10. The van der Waals surface area contributed by atoms with E-state index in [2.05, 4.69) is 62.7 Å². The molecule has 0 aliphatic heterocycles. The Hall–Kier alpha value is -14.1. The van der Waals surface area contributed by atoms with Crippen molar-refractivity contribution in [1.29, 1.82) is 26.3 Å². The first-order chi connectivity index (χ1) is 52.9. The van der Waals surface area contributed by atoms with Gasteiger partial charge in [0.2, 0.25) is 0 Å². The van der Waals surface area contributed by atoms with Crippen molar-refractivity contribution in [1.82, 2.24) is 0 Å². The van der Waals surface area contributed by atoms with Gasteiger partial charge < -0.3 is 47.9 Å². The molecule has 0 spiro atoms. The molecule has 0 aromatic heterocycles. The van der Waals surface area contributed by atoms with Crippen molar-refractivity contribution < 1.29 is 52.3 Å². The van der Waals surface area contributed by atoms with Crippen LogP contribution in [0.2, 0.25) is 0 Å². The number of oxime groups is 5. The highest BCUT2D eigenvalue weighted by Gasteiger charge is 2.17. The number of ether oxygens (including phenoxy) is 5. The predicted octanol–water partition coefficient (Wildman–Crippen LogP) is 18.3. The summed E-state index contributed by atoms with van der Waals surface area (Å²) in [5.41, 5.74) is 18.0. The zero-order chi connectivity index (χ0) is 78.9. The maximum Gasteiger partial charge on any atom is 0.187 e. The van der Waals surface area contributed by atoms with E-state index in [1.807, 2.05) is 230 Å². The van der Waals surface area contributed by atoms with E-state index < -0.39 is 5.82 Å². The second-order valence-electron chi connectivity index (χ2n) is 23.9. The molecule has 0 fully saturated rings. The monoisotopic (exact) mass is 1460 g/mol. The van der Waals surface area contributed by atoms with E-state index in [9.17, 15) is 25.4 Å². The molecule has 10 aromatic carbocycles. The molecule has 10 aromatic rings. The molecule has 0 aliphatic carbocycles. The van der Waals surface area contributed by atoms with Crippen LogP contribution in [0.4, 0.5) is 4.39 Å². The van der Waals surface area contributed by atoms with E-state index in [1.165, 1.54) is 52.7 Å². The average Bonchev–Trinajstić information content (AvgIpc) is 0.865. The highest BCUT2D eigenvalue weighted by atomic mass is 19.1. The molecule has 10 rings (SSSR count). The number of benzene rings is 10. The third kappa shape index (κ3) is 26.2. The standard InChI is InChI=1S/4C18H18N2O2.C16H13FN2O2/c1-13-7-6-8-14(2)18(13)22-12-15-9-4-5-10-16(15)17(11-19)20-21-3;1-13-8-14(2)10-16(9-13)22-12-15-6-4-5-7-17(15)18(11-19)20-21-3;1-13-8-9-16(10-14(13)2)22-12-15-6-4-5-7-17(15)18(11-19)20-21-3;1-13-8-9-14(2)18(10-13)22-12-15-6-4-5-7-16(15)17(11-19)20-21-3;1-20-19-15(10-18)13-7-3-2-6-12(13)11-21-16-9-5-4-8-14(16)17/h4*4-10H,12H2,1-3H3;2-9H,11H2,1H3. The molecule has 20 nitrogen and oxygen atoms in total. The minimum absolute atomic E-state index is 0.127. The maximum atomic E-state index is 13.5. The van der Waals surface area contributed by atoms with Crippen LogP contribution in [0.25, 0.3) is 0 Å². The second-order valence-corrected chi connectivity index (χ2v) is 23.9. The Kier molecular flexibility index (Phi) is 34.8. The lowest BCUT2D eigenvalue weighted by atomic mass is 10.0. The lowest BCUT2D eigenvalue weighted by molar-refractivity contribution is 0.214. The van der Waals surface area contributed by atoms with Gasteiger partial charge in [-0.3, -0.25) is 0 Å². The Morgan fingerprint density at radius 2 is 0.615 bits per heavy atom. The predicted molar refractivity (Wildman–Crippen MR) is 420 cm³/mol. The summed E-state index contributed by atoms with van der Waals surface area (Å²) in [5.74, 6) is 3.07. The maximum absolute atomic E-state index is 13.5. The van der Waals surface area contributed by atoms with Crippen molar-refractivity contribution >= 4 is 28.6 Å². The Morgan fingerprint density at radius 1 is 0.284 bits per heavy atom. The third-order valence-corrected chi connectivity index (χ3v) is 16.0. The summed E-state index contributed by atoms with van der Waals surface area (Å²) in [6.45, 7) is 17.8. The molecule has 0 N–H and O–H groups in total. The Labute approximate surface area is 637 Å². The van der Waals surface area contributed by atoms with Crippen molar-refractivity contribution in [2.45, 2.75) is 88.4 Å². The fourth-order valence-electron chi connectivity index (χ4n) is 10.5. The van der Waals surface area contributed by atoms with Crippen LogP contribution in [0.5, 0.6) is 28.7 Å². The molecule has 0 radical (unpaired) electrons. The van der Waals surface area contributed by atoms with Gasteiger partial charge in [0.05, 0.1) is 0 Å². The van der Waals surface area contributed by atoms with Crippen LogP contribution in [0.1, 0.15) is 100 Å². The topological polar surface area (TPSA) is 273 Å². The molecule has 0 bridgehead atoms. The zero-order valence-electron chi connectivity index (χ0n) is 63.3. The summed E-state index contributed by atoms with van der Waals surface area (Å²) >= 11 is 0. The Morgan fingerprint density at radius 3 is 0.982 bits per heavy atom. The fourth-order valence-corrected chi connectivity index (χ4v) is 10.5. The summed E-state index contributed by atoms with van der Waals surface area (Å²) in [5, 5.41) is 64.6. The van der Waals surface area contributed by atoms with Crippen LogP contribution in [0.3, 0.4) is 0 Å². The summed E-state index contributed by atoms with van der Waals surface area (Å²) in [4.78, 5) is 23.6. The van der Waals surface area contributed by atoms with Crippen LogP contribution in [0.15, 0.2) is 244 Å². The number of nitriles is 5. The molecular formula is C88H85FN10O10. The Balaban J connectivity index is 0.000000213. The minimum Gasteiger partial charge on any atom is -0.489 e. The van der Waals surface area contributed by atoms with Crippen LogP contribution in [0, 0.1) is 118 Å². The summed E-state index contributed by atoms with van der Waals surface area (Å²) in [6.07, 6.45) is 0. The number of para-hydroxylation sites is 2. The SMILES string of the molecule is CON=C(C#N)c1ccccc1COc1c(C)cccc1C.CON=C(C#N)c1ccccc1COc1cc(C)cc(C)c1.CON=C(C#N)c1ccccc1COc1cc(C)ccc1C.CON=C(C#N)c1ccccc1COc1ccc(C)c(C)c1.CON=C(C#N)c1ccccc1COc1ccccc1F. The number of hydrogen-bond acceptors (Lipinski definition) is 20. The van der Waals surface area contributed by atoms with E-state index in [4.69, 9.17) is 48.3 Å². The molecule has 0 aliphatic rings. The van der Waals surface area contributed by atoms with Gasteiger partial charge in [-0.15, -0.1) is 0 Å². The van der Waals surface area contributed by atoms with Crippen molar-refractivity contribution in [3.8, 4) is 59.1 Å². The molecule has 0 atom stereocenters. The molecule has 109 heavy (non-hydrogen) atoms. The van der Waals surface area contributed by atoms with Crippen LogP contribution >= 0.6 is 0 Å².